The predicted octanol–water partition coefficient (Wildman–Crippen LogP) is 2.86. The highest BCUT2D eigenvalue weighted by Gasteiger charge is 2.31. The van der Waals surface area contributed by atoms with E-state index in [1.54, 1.807) is 13.1 Å². The lowest BCUT2D eigenvalue weighted by molar-refractivity contribution is -0.119. The Hall–Kier alpha value is -1.53. The maximum atomic E-state index is 12.6. The number of aryl methyl sites for hydroxylation is 1. The summed E-state index contributed by atoms with van der Waals surface area (Å²) in [5, 5.41) is 2.84. The number of alkyl halides is 3. The SMILES string of the molecule is CCCN(CC(F)(F)F)c1cc(NC)nc(CC)n1. The lowest BCUT2D eigenvalue weighted by Crippen LogP contribution is -2.35. The number of rotatable bonds is 6. The number of hydrogen-bond donors (Lipinski definition) is 1. The first-order valence-corrected chi connectivity index (χ1v) is 6.27. The van der Waals surface area contributed by atoms with Gasteiger partial charge in [-0.3, -0.25) is 0 Å². The molecule has 108 valence electrons. The summed E-state index contributed by atoms with van der Waals surface area (Å²) in [4.78, 5) is 9.59. The summed E-state index contributed by atoms with van der Waals surface area (Å²) >= 11 is 0. The van der Waals surface area contributed by atoms with Gasteiger partial charge in [-0.05, 0) is 6.42 Å². The first kappa shape index (κ1) is 15.5. The van der Waals surface area contributed by atoms with Crippen LogP contribution in [0.25, 0.3) is 0 Å². The maximum Gasteiger partial charge on any atom is 0.405 e. The molecule has 0 saturated heterocycles. The molecule has 4 nitrogen and oxygen atoms in total. The fourth-order valence-electron chi connectivity index (χ4n) is 1.69. The van der Waals surface area contributed by atoms with E-state index in [0.717, 1.165) is 0 Å². The molecule has 0 aliphatic carbocycles. The number of anilines is 2. The minimum Gasteiger partial charge on any atom is -0.373 e. The molecule has 0 saturated carbocycles. The second-order valence-electron chi connectivity index (χ2n) is 4.17. The van der Waals surface area contributed by atoms with Crippen LogP contribution in [0.15, 0.2) is 6.07 Å². The van der Waals surface area contributed by atoms with Gasteiger partial charge in [0.1, 0.15) is 24.0 Å². The molecule has 1 heterocycles. The van der Waals surface area contributed by atoms with Gasteiger partial charge in [0.25, 0.3) is 0 Å². The van der Waals surface area contributed by atoms with Crippen LogP contribution < -0.4 is 10.2 Å². The van der Waals surface area contributed by atoms with Crippen LogP contribution in [0.4, 0.5) is 24.8 Å². The van der Waals surface area contributed by atoms with Gasteiger partial charge in [0.15, 0.2) is 0 Å². The van der Waals surface area contributed by atoms with Crippen LogP contribution in [-0.4, -0.2) is 36.3 Å². The first-order chi connectivity index (χ1) is 8.89. The first-order valence-electron chi connectivity index (χ1n) is 6.27. The Morgan fingerprint density at radius 1 is 1.26 bits per heavy atom. The van der Waals surface area contributed by atoms with Gasteiger partial charge in [0.2, 0.25) is 0 Å². The van der Waals surface area contributed by atoms with Gasteiger partial charge in [0, 0.05) is 26.1 Å². The normalized spacial score (nSPS) is 11.5. The third-order valence-corrected chi connectivity index (χ3v) is 2.52. The van der Waals surface area contributed by atoms with Gasteiger partial charge < -0.3 is 10.2 Å². The van der Waals surface area contributed by atoms with Crippen LogP contribution >= 0.6 is 0 Å². The van der Waals surface area contributed by atoms with Crippen molar-refractivity contribution in [2.75, 3.05) is 30.4 Å². The van der Waals surface area contributed by atoms with E-state index < -0.39 is 12.7 Å². The van der Waals surface area contributed by atoms with Gasteiger partial charge in [-0.15, -0.1) is 0 Å². The third kappa shape index (κ3) is 4.92. The number of nitrogens with one attached hydrogen (secondary N) is 1. The Morgan fingerprint density at radius 3 is 2.42 bits per heavy atom. The van der Waals surface area contributed by atoms with Crippen molar-refractivity contribution < 1.29 is 13.2 Å². The van der Waals surface area contributed by atoms with Gasteiger partial charge >= 0.3 is 6.18 Å². The molecule has 19 heavy (non-hydrogen) atoms. The van der Waals surface area contributed by atoms with Crippen LogP contribution in [0.2, 0.25) is 0 Å². The Bertz CT molecular complexity index is 384. The number of nitrogens with zero attached hydrogens (tertiary/aromatic N) is 3. The highest BCUT2D eigenvalue weighted by atomic mass is 19.4. The zero-order valence-electron chi connectivity index (χ0n) is 11.4. The number of halogens is 3. The van der Waals surface area contributed by atoms with E-state index in [2.05, 4.69) is 15.3 Å². The van der Waals surface area contributed by atoms with E-state index in [1.807, 2.05) is 13.8 Å². The monoisotopic (exact) mass is 276 g/mol. The number of aromatic nitrogens is 2. The third-order valence-electron chi connectivity index (χ3n) is 2.52. The van der Waals surface area contributed by atoms with Crippen molar-refractivity contribution in [1.82, 2.24) is 9.97 Å². The van der Waals surface area contributed by atoms with Crippen LogP contribution in [0.3, 0.4) is 0 Å². The van der Waals surface area contributed by atoms with Crippen molar-refractivity contribution in [3.8, 4) is 0 Å². The van der Waals surface area contributed by atoms with Crippen molar-refractivity contribution in [3.05, 3.63) is 11.9 Å². The molecule has 0 aliphatic rings. The highest BCUT2D eigenvalue weighted by Crippen LogP contribution is 2.22. The topological polar surface area (TPSA) is 41.0 Å². The van der Waals surface area contributed by atoms with Crippen molar-refractivity contribution >= 4 is 11.6 Å². The molecule has 0 bridgehead atoms. The molecule has 0 radical (unpaired) electrons. The maximum absolute atomic E-state index is 12.6. The molecule has 1 aromatic heterocycles. The molecule has 0 unspecified atom stereocenters. The second-order valence-corrected chi connectivity index (χ2v) is 4.17. The standard InChI is InChI=1S/C12H19F3N4/c1-4-6-19(8-12(13,14)15)11-7-10(16-3)17-9(5-2)18-11/h7H,4-6,8H2,1-3H3,(H,16,17,18). The minimum absolute atomic E-state index is 0.308. The summed E-state index contributed by atoms with van der Waals surface area (Å²) < 4.78 is 37.7. The fourth-order valence-corrected chi connectivity index (χ4v) is 1.69. The van der Waals surface area contributed by atoms with Crippen LogP contribution in [-0.2, 0) is 6.42 Å². The van der Waals surface area contributed by atoms with Gasteiger partial charge in [-0.2, -0.15) is 13.2 Å². The molecule has 7 heteroatoms. The summed E-state index contributed by atoms with van der Waals surface area (Å²) in [5.41, 5.74) is 0. The smallest absolute Gasteiger partial charge is 0.373 e. The van der Waals surface area contributed by atoms with E-state index in [4.69, 9.17) is 0 Å². The summed E-state index contributed by atoms with van der Waals surface area (Å²) in [5.74, 6) is 1.38. The molecule has 0 aromatic carbocycles. The van der Waals surface area contributed by atoms with Crippen molar-refractivity contribution in [3.63, 3.8) is 0 Å². The van der Waals surface area contributed by atoms with Crippen LogP contribution in [0.1, 0.15) is 26.1 Å². The minimum atomic E-state index is -4.24. The van der Waals surface area contributed by atoms with Crippen molar-refractivity contribution in [2.45, 2.75) is 32.9 Å². The largest absolute Gasteiger partial charge is 0.405 e. The molecule has 1 rings (SSSR count). The summed E-state index contributed by atoms with van der Waals surface area (Å²) in [6.45, 7) is 3.02. The zero-order chi connectivity index (χ0) is 14.5. The van der Waals surface area contributed by atoms with E-state index in [9.17, 15) is 13.2 Å². The molecule has 1 aromatic rings. The fraction of sp³-hybridized carbons (Fsp3) is 0.667. The van der Waals surface area contributed by atoms with Crippen molar-refractivity contribution in [2.24, 2.45) is 0 Å². The van der Waals surface area contributed by atoms with Gasteiger partial charge in [-0.25, -0.2) is 9.97 Å². The molecule has 0 atom stereocenters. The molecule has 0 amide bonds. The van der Waals surface area contributed by atoms with Crippen LogP contribution in [0.5, 0.6) is 0 Å². The summed E-state index contributed by atoms with van der Waals surface area (Å²) in [6.07, 6.45) is -3.04. The summed E-state index contributed by atoms with van der Waals surface area (Å²) in [6, 6.07) is 1.54. The zero-order valence-corrected chi connectivity index (χ0v) is 11.4. The quantitative estimate of drug-likeness (QED) is 0.867. The average molecular weight is 276 g/mol. The lowest BCUT2D eigenvalue weighted by atomic mass is 10.3. The molecule has 0 aliphatic heterocycles. The van der Waals surface area contributed by atoms with Gasteiger partial charge in [-0.1, -0.05) is 13.8 Å². The lowest BCUT2D eigenvalue weighted by Gasteiger charge is -2.25. The Morgan fingerprint density at radius 2 is 1.95 bits per heavy atom. The molecule has 0 spiro atoms. The summed E-state index contributed by atoms with van der Waals surface area (Å²) in [7, 11) is 1.68. The highest BCUT2D eigenvalue weighted by molar-refractivity contribution is 5.49. The van der Waals surface area contributed by atoms with E-state index >= 15 is 0 Å². The second kappa shape index (κ2) is 6.58. The molecular weight excluding hydrogens is 257 g/mol. The number of hydrogen-bond acceptors (Lipinski definition) is 4. The predicted molar refractivity (Wildman–Crippen MR) is 69.5 cm³/mol. The molecule has 1 N–H and O–H groups in total. The molecular formula is C12H19F3N4. The Labute approximate surface area is 111 Å². The van der Waals surface area contributed by atoms with Gasteiger partial charge in [0.05, 0.1) is 0 Å². The van der Waals surface area contributed by atoms with Crippen molar-refractivity contribution in [1.29, 1.82) is 0 Å². The van der Waals surface area contributed by atoms with E-state index in [0.29, 0.717) is 36.8 Å². The average Bonchev–Trinajstić information content (AvgIpc) is 2.36. The Balaban J connectivity index is 3.06. The van der Waals surface area contributed by atoms with E-state index in [-0.39, 0.29) is 0 Å². The molecule has 0 fully saturated rings. The van der Waals surface area contributed by atoms with E-state index in [1.165, 1.54) is 4.90 Å². The van der Waals surface area contributed by atoms with Crippen LogP contribution in [0, 0.1) is 0 Å². The Kier molecular flexibility index (Phi) is 5.38.